The second kappa shape index (κ2) is 3.87. The van der Waals surface area contributed by atoms with E-state index in [2.05, 4.69) is 11.9 Å². The molecule has 0 bridgehead atoms. The molecule has 4 heteroatoms. The van der Waals surface area contributed by atoms with Gasteiger partial charge in [0.1, 0.15) is 0 Å². The second-order valence-corrected chi connectivity index (χ2v) is 4.33. The fraction of sp³-hybridized carbons (Fsp3) is 0.900. The summed E-state index contributed by atoms with van der Waals surface area (Å²) in [5.74, 6) is -0.818. The number of carboxylic acids is 1. The van der Waals surface area contributed by atoms with Gasteiger partial charge in [0.25, 0.3) is 0 Å². The summed E-state index contributed by atoms with van der Waals surface area (Å²) < 4.78 is 5.43. The lowest BCUT2D eigenvalue weighted by molar-refractivity contribution is -0.149. The van der Waals surface area contributed by atoms with Crippen LogP contribution in [0.15, 0.2) is 0 Å². The normalized spacial score (nSPS) is 32.4. The third-order valence-electron chi connectivity index (χ3n) is 3.04. The molecule has 2 atom stereocenters. The highest BCUT2D eigenvalue weighted by Gasteiger charge is 2.34. The predicted molar refractivity (Wildman–Crippen MR) is 51.2 cm³/mol. The molecule has 0 radical (unpaired) electrons. The Balaban J connectivity index is 1.74. The van der Waals surface area contributed by atoms with Crippen LogP contribution in [0.5, 0.6) is 0 Å². The molecule has 1 aliphatic carbocycles. The number of hydrogen-bond donors (Lipinski definition) is 1. The Morgan fingerprint density at radius 2 is 2.14 bits per heavy atom. The first-order valence-electron chi connectivity index (χ1n) is 5.25. The molecule has 1 N–H and O–H groups in total. The molecule has 1 aliphatic heterocycles. The van der Waals surface area contributed by atoms with Crippen LogP contribution in [-0.2, 0) is 9.53 Å². The van der Waals surface area contributed by atoms with Crippen LogP contribution >= 0.6 is 0 Å². The van der Waals surface area contributed by atoms with Crippen LogP contribution < -0.4 is 0 Å². The Morgan fingerprint density at radius 1 is 1.43 bits per heavy atom. The largest absolute Gasteiger partial charge is 0.479 e. The van der Waals surface area contributed by atoms with Crippen LogP contribution in [-0.4, -0.2) is 47.8 Å². The van der Waals surface area contributed by atoms with Crippen molar-refractivity contribution in [2.75, 3.05) is 13.6 Å². The van der Waals surface area contributed by atoms with E-state index in [4.69, 9.17) is 9.84 Å². The van der Waals surface area contributed by atoms with Crippen molar-refractivity contribution in [2.24, 2.45) is 0 Å². The Bertz CT molecular complexity index is 227. The standard InChI is InChI=1S/C10H17NO3/c1-11(7-2-3-7)6-8-4-5-9(14-8)10(12)13/h7-9H,2-6H2,1H3,(H,12,13)/t8-,9+/m1/s1. The van der Waals surface area contributed by atoms with Gasteiger partial charge >= 0.3 is 5.97 Å². The first kappa shape index (κ1) is 9.93. The molecule has 0 unspecified atom stereocenters. The summed E-state index contributed by atoms with van der Waals surface area (Å²) in [6.45, 7) is 0.883. The molecule has 0 spiro atoms. The highest BCUT2D eigenvalue weighted by molar-refractivity contribution is 5.72. The Kier molecular flexibility index (Phi) is 2.74. The highest BCUT2D eigenvalue weighted by Crippen LogP contribution is 2.28. The van der Waals surface area contributed by atoms with Gasteiger partial charge in [-0.15, -0.1) is 0 Å². The van der Waals surface area contributed by atoms with E-state index in [1.807, 2.05) is 0 Å². The van der Waals surface area contributed by atoms with Crippen LogP contribution in [0.25, 0.3) is 0 Å². The maximum absolute atomic E-state index is 10.6. The highest BCUT2D eigenvalue weighted by atomic mass is 16.5. The minimum Gasteiger partial charge on any atom is -0.479 e. The lowest BCUT2D eigenvalue weighted by Gasteiger charge is -2.20. The van der Waals surface area contributed by atoms with Crippen molar-refractivity contribution in [1.82, 2.24) is 4.90 Å². The zero-order valence-electron chi connectivity index (χ0n) is 8.48. The van der Waals surface area contributed by atoms with Crippen LogP contribution in [0.4, 0.5) is 0 Å². The van der Waals surface area contributed by atoms with Gasteiger partial charge in [-0.2, -0.15) is 0 Å². The number of ether oxygens (including phenoxy) is 1. The molecule has 2 fully saturated rings. The van der Waals surface area contributed by atoms with Gasteiger partial charge in [0, 0.05) is 12.6 Å². The second-order valence-electron chi connectivity index (χ2n) is 4.33. The Hall–Kier alpha value is -0.610. The average Bonchev–Trinajstić information content (AvgIpc) is 2.87. The quantitative estimate of drug-likeness (QED) is 0.724. The number of carboxylic acid groups (broad SMARTS) is 1. The van der Waals surface area contributed by atoms with E-state index in [0.717, 1.165) is 19.0 Å². The molecule has 2 aliphatic rings. The van der Waals surface area contributed by atoms with Gasteiger partial charge in [-0.3, -0.25) is 0 Å². The first-order chi connectivity index (χ1) is 6.66. The van der Waals surface area contributed by atoms with Gasteiger partial charge in [-0.05, 0) is 32.7 Å². The van der Waals surface area contributed by atoms with E-state index in [1.165, 1.54) is 12.8 Å². The van der Waals surface area contributed by atoms with Crippen molar-refractivity contribution in [3.05, 3.63) is 0 Å². The third kappa shape index (κ3) is 2.25. The van der Waals surface area contributed by atoms with Crippen molar-refractivity contribution in [1.29, 1.82) is 0 Å². The molecule has 0 aromatic rings. The minimum absolute atomic E-state index is 0.127. The summed E-state index contributed by atoms with van der Waals surface area (Å²) in [6, 6.07) is 0.725. The van der Waals surface area contributed by atoms with Gasteiger partial charge in [0.15, 0.2) is 6.10 Å². The van der Waals surface area contributed by atoms with Crippen molar-refractivity contribution in [2.45, 2.75) is 43.9 Å². The summed E-state index contributed by atoms with van der Waals surface area (Å²) in [7, 11) is 2.09. The summed E-state index contributed by atoms with van der Waals surface area (Å²) in [6.07, 6.45) is 3.68. The number of likely N-dealkylation sites (N-methyl/N-ethyl adjacent to an activating group) is 1. The van der Waals surface area contributed by atoms with Crippen LogP contribution in [0.2, 0.25) is 0 Å². The summed E-state index contributed by atoms with van der Waals surface area (Å²) in [4.78, 5) is 12.9. The summed E-state index contributed by atoms with van der Waals surface area (Å²) in [5.41, 5.74) is 0. The van der Waals surface area contributed by atoms with E-state index < -0.39 is 12.1 Å². The molecule has 0 aromatic heterocycles. The fourth-order valence-corrected chi connectivity index (χ4v) is 2.01. The molecule has 14 heavy (non-hydrogen) atoms. The molecular formula is C10H17NO3. The van der Waals surface area contributed by atoms with E-state index in [9.17, 15) is 4.79 Å². The topological polar surface area (TPSA) is 49.8 Å². The van der Waals surface area contributed by atoms with E-state index >= 15 is 0 Å². The van der Waals surface area contributed by atoms with Gasteiger partial charge in [-0.25, -0.2) is 4.79 Å². The maximum Gasteiger partial charge on any atom is 0.332 e. The van der Waals surface area contributed by atoms with Crippen molar-refractivity contribution >= 4 is 5.97 Å². The fourth-order valence-electron chi connectivity index (χ4n) is 2.01. The Morgan fingerprint density at radius 3 is 2.64 bits per heavy atom. The van der Waals surface area contributed by atoms with Crippen molar-refractivity contribution < 1.29 is 14.6 Å². The molecular weight excluding hydrogens is 182 g/mol. The monoisotopic (exact) mass is 199 g/mol. The van der Waals surface area contributed by atoms with E-state index in [1.54, 1.807) is 0 Å². The molecule has 1 saturated carbocycles. The summed E-state index contributed by atoms with van der Waals surface area (Å²) in [5, 5.41) is 8.75. The lowest BCUT2D eigenvalue weighted by atomic mass is 10.2. The van der Waals surface area contributed by atoms with Crippen LogP contribution in [0.3, 0.4) is 0 Å². The predicted octanol–water partition coefficient (Wildman–Crippen LogP) is 0.713. The molecule has 0 amide bonds. The third-order valence-corrected chi connectivity index (χ3v) is 3.04. The number of nitrogens with zero attached hydrogens (tertiary/aromatic N) is 1. The number of aliphatic carboxylic acids is 1. The van der Waals surface area contributed by atoms with Gasteiger partial charge in [-0.1, -0.05) is 0 Å². The smallest absolute Gasteiger partial charge is 0.332 e. The zero-order chi connectivity index (χ0) is 10.1. The average molecular weight is 199 g/mol. The van der Waals surface area contributed by atoms with E-state index in [-0.39, 0.29) is 6.10 Å². The van der Waals surface area contributed by atoms with Gasteiger partial charge in [0.2, 0.25) is 0 Å². The van der Waals surface area contributed by atoms with Gasteiger partial charge in [0.05, 0.1) is 6.10 Å². The zero-order valence-corrected chi connectivity index (χ0v) is 8.48. The number of rotatable bonds is 4. The number of hydrogen-bond acceptors (Lipinski definition) is 3. The van der Waals surface area contributed by atoms with Gasteiger partial charge < -0.3 is 14.7 Å². The molecule has 80 valence electrons. The maximum atomic E-state index is 10.6. The number of carbonyl (C=O) groups is 1. The van der Waals surface area contributed by atoms with Crippen molar-refractivity contribution in [3.63, 3.8) is 0 Å². The molecule has 1 heterocycles. The molecule has 1 saturated heterocycles. The minimum atomic E-state index is -0.818. The van der Waals surface area contributed by atoms with Crippen LogP contribution in [0.1, 0.15) is 25.7 Å². The SMILES string of the molecule is CN(C[C@H]1CC[C@@H](C(=O)O)O1)C1CC1. The first-order valence-corrected chi connectivity index (χ1v) is 5.25. The molecule has 2 rings (SSSR count). The van der Waals surface area contributed by atoms with Crippen LogP contribution in [0, 0.1) is 0 Å². The molecule has 4 nitrogen and oxygen atoms in total. The van der Waals surface area contributed by atoms with E-state index in [0.29, 0.717) is 6.42 Å². The van der Waals surface area contributed by atoms with Crippen molar-refractivity contribution in [3.8, 4) is 0 Å². The Labute approximate surface area is 83.8 Å². The summed E-state index contributed by atoms with van der Waals surface area (Å²) >= 11 is 0. The lowest BCUT2D eigenvalue weighted by Crippen LogP contribution is -2.32. The molecule has 0 aromatic carbocycles.